The standard InChI is InChI=1S/C13H11N3O8S2/c14-15(11-4-6-12(7-5-11)16(18)19)26(22,23)24-25(20,21)13-3-1-2-10(8-13)9-17/h1-9H,14H2. The molecule has 0 atom stereocenters. The largest absolute Gasteiger partial charge is 0.390 e. The monoisotopic (exact) mass is 401 g/mol. The smallest absolute Gasteiger partial charge is 0.298 e. The molecule has 0 unspecified atom stereocenters. The van der Waals surface area contributed by atoms with Crippen LogP contribution in [0.1, 0.15) is 10.4 Å². The summed E-state index contributed by atoms with van der Waals surface area (Å²) in [5, 5.41) is 10.6. The number of benzene rings is 2. The zero-order chi connectivity index (χ0) is 19.5. The van der Waals surface area contributed by atoms with E-state index in [1.54, 1.807) is 0 Å². The number of anilines is 1. The van der Waals surface area contributed by atoms with E-state index in [0.29, 0.717) is 6.29 Å². The Morgan fingerprint density at radius 2 is 1.69 bits per heavy atom. The maximum Gasteiger partial charge on any atom is 0.390 e. The highest BCUT2D eigenvalue weighted by molar-refractivity contribution is 8.00. The summed E-state index contributed by atoms with van der Waals surface area (Å²) in [5.74, 6) is 5.37. The molecule has 0 heterocycles. The van der Waals surface area contributed by atoms with Gasteiger partial charge in [0.1, 0.15) is 6.29 Å². The lowest BCUT2D eigenvalue weighted by Gasteiger charge is -2.17. The van der Waals surface area contributed by atoms with Crippen molar-refractivity contribution < 1.29 is 30.2 Å². The fourth-order valence-corrected chi connectivity index (χ4v) is 4.17. The first-order chi connectivity index (χ1) is 12.1. The van der Waals surface area contributed by atoms with E-state index in [4.69, 9.17) is 5.84 Å². The highest BCUT2D eigenvalue weighted by atomic mass is 32.3. The van der Waals surface area contributed by atoms with Crippen molar-refractivity contribution >= 4 is 38.1 Å². The van der Waals surface area contributed by atoms with E-state index in [2.05, 4.69) is 3.63 Å². The van der Waals surface area contributed by atoms with Crippen molar-refractivity contribution in [3.05, 3.63) is 64.2 Å². The van der Waals surface area contributed by atoms with Gasteiger partial charge < -0.3 is 0 Å². The molecule has 2 N–H and O–H groups in total. The first-order valence-electron chi connectivity index (χ1n) is 6.62. The summed E-state index contributed by atoms with van der Waals surface area (Å²) < 4.78 is 52.6. The average Bonchev–Trinajstić information content (AvgIpc) is 2.60. The van der Waals surface area contributed by atoms with Crippen LogP contribution in [0.25, 0.3) is 0 Å². The number of hydrazine groups is 1. The predicted molar refractivity (Wildman–Crippen MR) is 88.8 cm³/mol. The van der Waals surface area contributed by atoms with Crippen molar-refractivity contribution in [2.24, 2.45) is 5.84 Å². The Labute approximate surface area is 148 Å². The molecule has 0 bridgehead atoms. The second-order valence-corrected chi connectivity index (χ2v) is 7.91. The fourth-order valence-electron chi connectivity index (χ4n) is 1.78. The lowest BCUT2D eigenvalue weighted by Crippen LogP contribution is -2.39. The fraction of sp³-hybridized carbons (Fsp3) is 0. The second kappa shape index (κ2) is 7.17. The summed E-state index contributed by atoms with van der Waals surface area (Å²) in [6, 6.07) is 8.45. The van der Waals surface area contributed by atoms with Gasteiger partial charge in [-0.3, -0.25) is 14.9 Å². The normalized spacial score (nSPS) is 11.7. The van der Waals surface area contributed by atoms with E-state index >= 15 is 0 Å². The molecule has 0 radical (unpaired) electrons. The summed E-state index contributed by atoms with van der Waals surface area (Å²) >= 11 is 0. The van der Waals surface area contributed by atoms with Gasteiger partial charge in [0.15, 0.2) is 0 Å². The minimum atomic E-state index is -5.01. The third kappa shape index (κ3) is 4.20. The van der Waals surface area contributed by atoms with E-state index in [1.165, 1.54) is 12.1 Å². The minimum Gasteiger partial charge on any atom is -0.298 e. The molecule has 11 nitrogen and oxygen atoms in total. The van der Waals surface area contributed by atoms with Crippen LogP contribution in [0, 0.1) is 10.1 Å². The molecule has 0 fully saturated rings. The summed E-state index contributed by atoms with van der Waals surface area (Å²) in [7, 11) is -9.81. The van der Waals surface area contributed by atoms with Gasteiger partial charge >= 0.3 is 20.4 Å². The van der Waals surface area contributed by atoms with Gasteiger partial charge in [-0.25, -0.2) is 5.84 Å². The van der Waals surface area contributed by atoms with Crippen LogP contribution in [0.5, 0.6) is 0 Å². The Morgan fingerprint density at radius 1 is 1.08 bits per heavy atom. The molecule has 0 saturated heterocycles. The van der Waals surface area contributed by atoms with Gasteiger partial charge in [-0.05, 0) is 24.3 Å². The van der Waals surface area contributed by atoms with Gasteiger partial charge in [-0.2, -0.15) is 21.2 Å². The number of nitrogens with zero attached hydrogens (tertiary/aromatic N) is 2. The molecule has 0 saturated carbocycles. The van der Waals surface area contributed by atoms with Gasteiger partial charge in [0.25, 0.3) is 5.69 Å². The second-order valence-electron chi connectivity index (χ2n) is 4.74. The molecular weight excluding hydrogens is 390 g/mol. The van der Waals surface area contributed by atoms with Crippen molar-refractivity contribution in [2.45, 2.75) is 4.90 Å². The number of nitrogens with two attached hydrogens (primary N) is 1. The summed E-state index contributed by atoms with van der Waals surface area (Å²) in [4.78, 5) is 20.0. The number of nitro benzene ring substituents is 1. The zero-order valence-corrected chi connectivity index (χ0v) is 14.4. The van der Waals surface area contributed by atoms with E-state index in [0.717, 1.165) is 36.4 Å². The van der Waals surface area contributed by atoms with Gasteiger partial charge in [0, 0.05) is 17.7 Å². The first-order valence-corrected chi connectivity index (χ1v) is 9.40. The molecule has 0 aliphatic rings. The number of rotatable bonds is 7. The molecule has 0 aromatic heterocycles. The van der Waals surface area contributed by atoms with Gasteiger partial charge in [0.05, 0.1) is 15.5 Å². The molecule has 2 aromatic rings. The van der Waals surface area contributed by atoms with Gasteiger partial charge in [0.2, 0.25) is 0 Å². The topological polar surface area (TPSA) is 167 Å². The van der Waals surface area contributed by atoms with Gasteiger partial charge in [-0.1, -0.05) is 12.1 Å². The molecule has 0 aliphatic heterocycles. The van der Waals surface area contributed by atoms with Crippen molar-refractivity contribution in [1.82, 2.24) is 0 Å². The lowest BCUT2D eigenvalue weighted by molar-refractivity contribution is -0.384. The highest BCUT2D eigenvalue weighted by Crippen LogP contribution is 2.22. The van der Waals surface area contributed by atoms with Crippen molar-refractivity contribution in [2.75, 3.05) is 4.41 Å². The third-order valence-electron chi connectivity index (χ3n) is 3.01. The molecule has 26 heavy (non-hydrogen) atoms. The van der Waals surface area contributed by atoms with Crippen LogP contribution >= 0.6 is 0 Å². The number of aldehydes is 1. The Bertz CT molecular complexity index is 1050. The van der Waals surface area contributed by atoms with E-state index in [9.17, 15) is 31.7 Å². The van der Waals surface area contributed by atoms with Crippen LogP contribution in [-0.4, -0.2) is 28.0 Å². The highest BCUT2D eigenvalue weighted by Gasteiger charge is 2.30. The number of carbonyl (C=O) groups excluding carboxylic acids is 1. The number of non-ortho nitro benzene ring substituents is 1. The maximum absolute atomic E-state index is 12.1. The SMILES string of the molecule is NN(c1ccc([N+](=O)[O-])cc1)S(=O)(=O)OS(=O)(=O)c1cccc(C=O)c1. The van der Waals surface area contributed by atoms with E-state index < -0.39 is 30.2 Å². The number of nitro groups is 1. The Balaban J connectivity index is 2.31. The minimum absolute atomic E-state index is 0.00736. The van der Waals surface area contributed by atoms with Crippen molar-refractivity contribution in [3.63, 3.8) is 0 Å². The van der Waals surface area contributed by atoms with E-state index in [1.807, 2.05) is 0 Å². The predicted octanol–water partition coefficient (Wildman–Crippen LogP) is 0.738. The Kier molecular flexibility index (Phi) is 5.36. The summed E-state index contributed by atoms with van der Waals surface area (Å²) in [5.41, 5.74) is -0.599. The molecule has 138 valence electrons. The van der Waals surface area contributed by atoms with Crippen LogP contribution in [0.3, 0.4) is 0 Å². The molecular formula is C13H11N3O8S2. The molecule has 2 rings (SSSR count). The van der Waals surface area contributed by atoms with Crippen LogP contribution in [0.2, 0.25) is 0 Å². The molecule has 13 heteroatoms. The number of hydrogen-bond acceptors (Lipinski definition) is 9. The van der Waals surface area contributed by atoms with Crippen LogP contribution in [-0.2, 0) is 24.1 Å². The first kappa shape index (κ1) is 19.5. The molecule has 2 aromatic carbocycles. The maximum atomic E-state index is 12.1. The quantitative estimate of drug-likeness (QED) is 0.304. The molecule has 0 spiro atoms. The number of carbonyl (C=O) groups is 1. The molecule has 0 amide bonds. The van der Waals surface area contributed by atoms with Crippen LogP contribution in [0.4, 0.5) is 11.4 Å². The van der Waals surface area contributed by atoms with E-state index in [-0.39, 0.29) is 21.4 Å². The Hall–Kier alpha value is -2.87. The summed E-state index contributed by atoms with van der Waals surface area (Å²) in [6.07, 6.45) is 0.375. The van der Waals surface area contributed by atoms with Gasteiger partial charge in [-0.15, -0.1) is 3.63 Å². The number of hydrogen-bond donors (Lipinski definition) is 1. The third-order valence-corrected chi connectivity index (χ3v) is 5.94. The van der Waals surface area contributed by atoms with Crippen molar-refractivity contribution in [1.29, 1.82) is 0 Å². The van der Waals surface area contributed by atoms with Crippen LogP contribution in [0.15, 0.2) is 53.4 Å². The summed E-state index contributed by atoms with van der Waals surface area (Å²) in [6.45, 7) is 0. The van der Waals surface area contributed by atoms with Crippen LogP contribution < -0.4 is 10.3 Å². The molecule has 0 aliphatic carbocycles. The lowest BCUT2D eigenvalue weighted by atomic mass is 10.2. The zero-order valence-electron chi connectivity index (χ0n) is 12.8. The van der Waals surface area contributed by atoms with Crippen molar-refractivity contribution in [3.8, 4) is 0 Å². The Morgan fingerprint density at radius 3 is 2.23 bits per heavy atom. The average molecular weight is 401 g/mol.